The molecule has 0 N–H and O–H groups in total. The minimum atomic E-state index is -1.61. The number of carbonyl (C=O) groups excluding carboxylic acids is 3. The molecule has 0 heterocycles. The largest absolute Gasteiger partial charge is 0.545 e. The van der Waals surface area contributed by atoms with Crippen molar-refractivity contribution in [3.63, 3.8) is 0 Å². The van der Waals surface area contributed by atoms with Crippen molar-refractivity contribution in [2.24, 2.45) is 0 Å². The first-order chi connectivity index (χ1) is 24.6. The number of carboxylic acid groups (broad SMARTS) is 1. The van der Waals surface area contributed by atoms with Crippen molar-refractivity contribution in [1.29, 1.82) is 0 Å². The standard InChI is InChI=1S/C42H79NO8/c1-6-8-10-12-14-15-16-17-18-19-20-21-22-23-24-25-27-29-31-33-40(45)51-38(36-49-39(44)32-30-28-26-13-11-9-7-2)37-50-42(41(46)47)48-35-34-43(3,4)5/h17-18,38,42H,6-16,19-37H2,1-5H3/b18-17-. The number of hydrogen-bond acceptors (Lipinski definition) is 8. The first-order valence-corrected chi connectivity index (χ1v) is 20.8. The Morgan fingerprint density at radius 3 is 1.45 bits per heavy atom. The van der Waals surface area contributed by atoms with Gasteiger partial charge in [-0.05, 0) is 38.5 Å². The Morgan fingerprint density at radius 2 is 1.00 bits per heavy atom. The fourth-order valence-electron chi connectivity index (χ4n) is 5.71. The highest BCUT2D eigenvalue weighted by Crippen LogP contribution is 2.14. The number of unbranched alkanes of at least 4 members (excludes halogenated alkanes) is 21. The topological polar surface area (TPSA) is 111 Å². The van der Waals surface area contributed by atoms with Crippen LogP contribution in [0.2, 0.25) is 0 Å². The minimum absolute atomic E-state index is 0.150. The van der Waals surface area contributed by atoms with Crippen LogP contribution in [-0.2, 0) is 33.3 Å². The zero-order valence-corrected chi connectivity index (χ0v) is 33.7. The SMILES string of the molecule is CCCCCCCC/C=C\CCCCCCCCCCCC(=O)OC(COC(=O)CCCCCCCCC)COC(OCC[N+](C)(C)C)C(=O)[O-]. The lowest BCUT2D eigenvalue weighted by Gasteiger charge is -2.26. The number of aliphatic carboxylic acids is 1. The molecule has 0 aliphatic rings. The Bertz CT molecular complexity index is 856. The molecule has 0 radical (unpaired) electrons. The van der Waals surface area contributed by atoms with Gasteiger partial charge in [-0.2, -0.15) is 0 Å². The van der Waals surface area contributed by atoms with E-state index in [0.717, 1.165) is 38.5 Å². The number of hydrogen-bond donors (Lipinski definition) is 0. The summed E-state index contributed by atoms with van der Waals surface area (Å²) in [5.41, 5.74) is 0. The highest BCUT2D eigenvalue weighted by Gasteiger charge is 2.21. The number of esters is 2. The monoisotopic (exact) mass is 726 g/mol. The van der Waals surface area contributed by atoms with Gasteiger partial charge in [-0.25, -0.2) is 0 Å². The van der Waals surface area contributed by atoms with Crippen LogP contribution in [0.4, 0.5) is 0 Å². The van der Waals surface area contributed by atoms with Crippen molar-refractivity contribution in [1.82, 2.24) is 0 Å². The van der Waals surface area contributed by atoms with Gasteiger partial charge >= 0.3 is 11.9 Å². The predicted molar refractivity (Wildman–Crippen MR) is 205 cm³/mol. The number of carbonyl (C=O) groups is 3. The second-order valence-electron chi connectivity index (χ2n) is 15.3. The maximum atomic E-state index is 12.7. The zero-order valence-electron chi connectivity index (χ0n) is 33.7. The summed E-state index contributed by atoms with van der Waals surface area (Å²) in [4.78, 5) is 36.7. The number of nitrogens with zero attached hydrogens (tertiary/aromatic N) is 1. The van der Waals surface area contributed by atoms with E-state index in [4.69, 9.17) is 18.9 Å². The predicted octanol–water partition coefficient (Wildman–Crippen LogP) is 9.00. The number of likely N-dealkylation sites (N-methyl/N-ethyl adjacent to an activating group) is 1. The van der Waals surface area contributed by atoms with Gasteiger partial charge in [-0.3, -0.25) is 9.59 Å². The number of rotatable bonds is 38. The van der Waals surface area contributed by atoms with Gasteiger partial charge in [0, 0.05) is 12.8 Å². The van der Waals surface area contributed by atoms with E-state index in [1.807, 2.05) is 21.1 Å². The van der Waals surface area contributed by atoms with Gasteiger partial charge < -0.3 is 33.3 Å². The molecule has 0 saturated heterocycles. The second kappa shape index (κ2) is 35.1. The summed E-state index contributed by atoms with van der Waals surface area (Å²) >= 11 is 0. The van der Waals surface area contributed by atoms with Crippen molar-refractivity contribution in [3.05, 3.63) is 12.2 Å². The van der Waals surface area contributed by atoms with Crippen LogP contribution in [0.25, 0.3) is 0 Å². The summed E-state index contributed by atoms with van der Waals surface area (Å²) in [5, 5.41) is 11.6. The normalized spacial score (nSPS) is 13.0. The molecule has 9 heteroatoms. The molecule has 0 spiro atoms. The minimum Gasteiger partial charge on any atom is -0.545 e. The van der Waals surface area contributed by atoms with E-state index < -0.39 is 24.3 Å². The van der Waals surface area contributed by atoms with Crippen LogP contribution in [0, 0.1) is 0 Å². The van der Waals surface area contributed by atoms with E-state index in [9.17, 15) is 19.5 Å². The van der Waals surface area contributed by atoms with Crippen LogP contribution in [0.5, 0.6) is 0 Å². The summed E-state index contributed by atoms with van der Waals surface area (Å²) < 4.78 is 22.4. The summed E-state index contributed by atoms with van der Waals surface area (Å²) in [6.07, 6.45) is 31.2. The molecule has 0 aromatic carbocycles. The van der Waals surface area contributed by atoms with E-state index in [1.165, 1.54) is 109 Å². The second-order valence-corrected chi connectivity index (χ2v) is 15.3. The van der Waals surface area contributed by atoms with Gasteiger partial charge in [0.1, 0.15) is 13.2 Å². The summed E-state index contributed by atoms with van der Waals surface area (Å²) in [6, 6.07) is 0. The van der Waals surface area contributed by atoms with Gasteiger partial charge in [-0.15, -0.1) is 0 Å². The van der Waals surface area contributed by atoms with Gasteiger partial charge in [0.2, 0.25) is 0 Å². The van der Waals surface area contributed by atoms with Crippen LogP contribution in [0.3, 0.4) is 0 Å². The van der Waals surface area contributed by atoms with Crippen molar-refractivity contribution in [2.75, 3.05) is 47.5 Å². The Kier molecular flexibility index (Phi) is 33.7. The zero-order chi connectivity index (χ0) is 37.8. The van der Waals surface area contributed by atoms with E-state index in [1.54, 1.807) is 0 Å². The number of carboxylic acids is 1. The highest BCUT2D eigenvalue weighted by atomic mass is 16.7. The van der Waals surface area contributed by atoms with Crippen molar-refractivity contribution in [2.45, 2.75) is 193 Å². The molecule has 2 atom stereocenters. The first-order valence-electron chi connectivity index (χ1n) is 20.8. The van der Waals surface area contributed by atoms with Crippen molar-refractivity contribution >= 4 is 17.9 Å². The Balaban J connectivity index is 4.34. The summed E-state index contributed by atoms with van der Waals surface area (Å²) in [5.74, 6) is -2.29. The highest BCUT2D eigenvalue weighted by molar-refractivity contribution is 5.70. The average Bonchev–Trinajstić information content (AvgIpc) is 3.08. The molecule has 0 aliphatic heterocycles. The van der Waals surface area contributed by atoms with E-state index in [2.05, 4.69) is 26.0 Å². The molecule has 0 fully saturated rings. The van der Waals surface area contributed by atoms with Crippen molar-refractivity contribution in [3.8, 4) is 0 Å². The lowest BCUT2D eigenvalue weighted by molar-refractivity contribution is -0.870. The molecule has 0 saturated carbocycles. The molecule has 300 valence electrons. The van der Waals surface area contributed by atoms with Gasteiger partial charge in [0.15, 0.2) is 12.4 Å². The van der Waals surface area contributed by atoms with Gasteiger partial charge in [0.05, 0.1) is 40.3 Å². The Morgan fingerprint density at radius 1 is 0.569 bits per heavy atom. The van der Waals surface area contributed by atoms with Gasteiger partial charge in [0.25, 0.3) is 0 Å². The molecule has 0 rings (SSSR count). The molecular weight excluding hydrogens is 646 g/mol. The molecule has 0 bridgehead atoms. The lowest BCUT2D eigenvalue weighted by Crippen LogP contribution is -2.44. The van der Waals surface area contributed by atoms with Crippen LogP contribution in [0.15, 0.2) is 12.2 Å². The number of allylic oxidation sites excluding steroid dienone is 2. The van der Waals surface area contributed by atoms with Crippen LogP contribution >= 0.6 is 0 Å². The van der Waals surface area contributed by atoms with E-state index in [0.29, 0.717) is 23.9 Å². The fraction of sp³-hybridized carbons (Fsp3) is 0.881. The number of ether oxygens (including phenoxy) is 4. The smallest absolute Gasteiger partial charge is 0.306 e. The quantitative estimate of drug-likeness (QED) is 0.0204. The maximum Gasteiger partial charge on any atom is 0.306 e. The van der Waals surface area contributed by atoms with E-state index in [-0.39, 0.29) is 32.2 Å². The third kappa shape index (κ3) is 36.2. The first kappa shape index (κ1) is 49.0. The summed E-state index contributed by atoms with van der Waals surface area (Å²) in [6.45, 7) is 4.68. The van der Waals surface area contributed by atoms with Crippen molar-refractivity contribution < 1.29 is 42.9 Å². The molecule has 51 heavy (non-hydrogen) atoms. The maximum absolute atomic E-state index is 12.7. The third-order valence-electron chi connectivity index (χ3n) is 9.01. The third-order valence-corrected chi connectivity index (χ3v) is 9.01. The van der Waals surface area contributed by atoms with Crippen LogP contribution in [0.1, 0.15) is 181 Å². The van der Waals surface area contributed by atoms with E-state index >= 15 is 0 Å². The summed E-state index contributed by atoms with van der Waals surface area (Å²) in [7, 11) is 5.90. The average molecular weight is 726 g/mol. The lowest BCUT2D eigenvalue weighted by atomic mass is 10.1. The number of quaternary nitrogens is 1. The molecule has 0 aromatic rings. The molecule has 0 amide bonds. The molecule has 0 aliphatic carbocycles. The molecule has 0 aromatic heterocycles. The van der Waals surface area contributed by atoms with Gasteiger partial charge in [-0.1, -0.05) is 142 Å². The Labute approximate surface area is 313 Å². The van der Waals surface area contributed by atoms with Crippen LogP contribution in [-0.4, -0.2) is 82.3 Å². The molecule has 2 unspecified atom stereocenters. The van der Waals surface area contributed by atoms with Crippen LogP contribution < -0.4 is 5.11 Å². The molecular formula is C42H79NO8. The molecule has 9 nitrogen and oxygen atoms in total. The Hall–Kier alpha value is -1.97. The fourth-order valence-corrected chi connectivity index (χ4v) is 5.71.